The quantitative estimate of drug-likeness (QED) is 0.773. The number of carbonyl (C=O) groups is 3. The van der Waals surface area contributed by atoms with Crippen molar-refractivity contribution in [1.82, 2.24) is 10.2 Å². The Morgan fingerprint density at radius 2 is 1.92 bits per heavy atom. The van der Waals surface area contributed by atoms with E-state index in [0.717, 1.165) is 0 Å². The average Bonchev–Trinajstić information content (AvgIpc) is 2.61. The molecule has 1 heterocycles. The standard InChI is InChI=1S/C16H20N2O6/c1-22-12-5-4-10(8-13(12)23-2)16(21)18-7-6-17-15(20)11(18)9-14(19)24-3/h4-5,8,11H,6-7,9H2,1-3H3,(H,17,20). The molecule has 8 heteroatoms. The van der Waals surface area contributed by atoms with Gasteiger partial charge in [0.25, 0.3) is 5.91 Å². The van der Waals surface area contributed by atoms with E-state index < -0.39 is 12.0 Å². The van der Waals surface area contributed by atoms with E-state index in [1.807, 2.05) is 0 Å². The number of hydrogen-bond donors (Lipinski definition) is 1. The highest BCUT2D eigenvalue weighted by Gasteiger charge is 2.35. The van der Waals surface area contributed by atoms with Gasteiger partial charge < -0.3 is 24.4 Å². The molecule has 1 aromatic carbocycles. The summed E-state index contributed by atoms with van der Waals surface area (Å²) in [4.78, 5) is 37.8. The molecule has 1 atom stereocenters. The first-order valence-corrected chi connectivity index (χ1v) is 7.39. The fourth-order valence-corrected chi connectivity index (χ4v) is 2.54. The van der Waals surface area contributed by atoms with E-state index >= 15 is 0 Å². The molecule has 8 nitrogen and oxygen atoms in total. The lowest BCUT2D eigenvalue weighted by Gasteiger charge is -2.34. The zero-order valence-corrected chi connectivity index (χ0v) is 13.8. The third-order valence-corrected chi connectivity index (χ3v) is 3.81. The maximum Gasteiger partial charge on any atom is 0.308 e. The fourth-order valence-electron chi connectivity index (χ4n) is 2.54. The number of benzene rings is 1. The van der Waals surface area contributed by atoms with Crippen LogP contribution in [0.5, 0.6) is 11.5 Å². The maximum absolute atomic E-state index is 12.8. The molecule has 0 spiro atoms. The first kappa shape index (κ1) is 17.6. The zero-order chi connectivity index (χ0) is 17.7. The summed E-state index contributed by atoms with van der Waals surface area (Å²) in [7, 11) is 4.21. The van der Waals surface area contributed by atoms with Gasteiger partial charge in [0.05, 0.1) is 27.8 Å². The molecule has 1 saturated heterocycles. The normalized spacial score (nSPS) is 17.0. The smallest absolute Gasteiger partial charge is 0.308 e. The first-order chi connectivity index (χ1) is 11.5. The van der Waals surface area contributed by atoms with Crippen LogP contribution in [0.3, 0.4) is 0 Å². The second kappa shape index (κ2) is 7.67. The highest BCUT2D eigenvalue weighted by molar-refractivity contribution is 5.99. The summed E-state index contributed by atoms with van der Waals surface area (Å²) in [6.45, 7) is 0.635. The van der Waals surface area contributed by atoms with Crippen LogP contribution in [0.2, 0.25) is 0 Å². The summed E-state index contributed by atoms with van der Waals surface area (Å²) < 4.78 is 15.0. The van der Waals surface area contributed by atoms with Gasteiger partial charge in [-0.3, -0.25) is 14.4 Å². The average molecular weight is 336 g/mol. The molecular weight excluding hydrogens is 316 g/mol. The van der Waals surface area contributed by atoms with E-state index in [0.29, 0.717) is 30.2 Å². The molecule has 2 rings (SSSR count). The lowest BCUT2D eigenvalue weighted by molar-refractivity contribution is -0.145. The molecule has 1 N–H and O–H groups in total. The number of carbonyl (C=O) groups excluding carboxylic acids is 3. The Morgan fingerprint density at radius 3 is 2.54 bits per heavy atom. The lowest BCUT2D eigenvalue weighted by Crippen LogP contribution is -2.57. The third-order valence-electron chi connectivity index (χ3n) is 3.81. The second-order valence-corrected chi connectivity index (χ2v) is 5.16. The van der Waals surface area contributed by atoms with E-state index in [9.17, 15) is 14.4 Å². The Labute approximate surface area is 139 Å². The number of rotatable bonds is 5. The van der Waals surface area contributed by atoms with Crippen LogP contribution in [0.1, 0.15) is 16.8 Å². The van der Waals surface area contributed by atoms with Gasteiger partial charge >= 0.3 is 5.97 Å². The molecule has 24 heavy (non-hydrogen) atoms. The van der Waals surface area contributed by atoms with Crippen molar-refractivity contribution in [3.63, 3.8) is 0 Å². The minimum atomic E-state index is -0.896. The predicted molar refractivity (Wildman–Crippen MR) is 84.0 cm³/mol. The Hall–Kier alpha value is -2.77. The minimum Gasteiger partial charge on any atom is -0.493 e. The number of esters is 1. The Balaban J connectivity index is 2.28. The molecule has 1 aliphatic rings. The van der Waals surface area contributed by atoms with Crippen molar-refractivity contribution in [2.24, 2.45) is 0 Å². The van der Waals surface area contributed by atoms with Gasteiger partial charge in [0.15, 0.2) is 11.5 Å². The van der Waals surface area contributed by atoms with Gasteiger partial charge in [0.2, 0.25) is 5.91 Å². The second-order valence-electron chi connectivity index (χ2n) is 5.16. The van der Waals surface area contributed by atoms with Crippen LogP contribution < -0.4 is 14.8 Å². The van der Waals surface area contributed by atoms with Gasteiger partial charge in [0.1, 0.15) is 6.04 Å². The summed E-state index contributed by atoms with van der Waals surface area (Å²) >= 11 is 0. The van der Waals surface area contributed by atoms with Crippen LogP contribution in [0.15, 0.2) is 18.2 Å². The highest BCUT2D eigenvalue weighted by atomic mass is 16.5. The SMILES string of the molecule is COC(=O)CC1C(=O)NCCN1C(=O)c1ccc(OC)c(OC)c1. The summed E-state index contributed by atoms with van der Waals surface area (Å²) in [5.74, 6) is -0.381. The van der Waals surface area contributed by atoms with Gasteiger partial charge in [-0.15, -0.1) is 0 Å². The van der Waals surface area contributed by atoms with E-state index in [4.69, 9.17) is 9.47 Å². The summed E-state index contributed by atoms with van der Waals surface area (Å²) in [5, 5.41) is 2.65. The van der Waals surface area contributed by atoms with Crippen molar-refractivity contribution < 1.29 is 28.6 Å². The van der Waals surface area contributed by atoms with Crippen molar-refractivity contribution >= 4 is 17.8 Å². The number of hydrogen-bond acceptors (Lipinski definition) is 6. The van der Waals surface area contributed by atoms with Gasteiger partial charge in [-0.25, -0.2) is 0 Å². The van der Waals surface area contributed by atoms with Gasteiger partial charge in [-0.2, -0.15) is 0 Å². The van der Waals surface area contributed by atoms with Gasteiger partial charge in [0, 0.05) is 18.7 Å². The van der Waals surface area contributed by atoms with Crippen molar-refractivity contribution in [3.05, 3.63) is 23.8 Å². The third kappa shape index (κ3) is 3.58. The molecule has 0 bridgehead atoms. The first-order valence-electron chi connectivity index (χ1n) is 7.39. The summed E-state index contributed by atoms with van der Waals surface area (Å²) in [5.41, 5.74) is 0.345. The van der Waals surface area contributed by atoms with Crippen molar-refractivity contribution in [1.29, 1.82) is 0 Å². The van der Waals surface area contributed by atoms with E-state index in [2.05, 4.69) is 10.1 Å². The molecular formula is C16H20N2O6. The topological polar surface area (TPSA) is 94.2 Å². The minimum absolute atomic E-state index is 0.193. The fraction of sp³-hybridized carbons (Fsp3) is 0.438. The van der Waals surface area contributed by atoms with Crippen molar-refractivity contribution in [3.8, 4) is 11.5 Å². The lowest BCUT2D eigenvalue weighted by atomic mass is 10.1. The molecule has 0 saturated carbocycles. The monoisotopic (exact) mass is 336 g/mol. The van der Waals surface area contributed by atoms with Crippen LogP contribution in [0.25, 0.3) is 0 Å². The Kier molecular flexibility index (Phi) is 5.62. The van der Waals surface area contributed by atoms with Crippen molar-refractivity contribution in [2.75, 3.05) is 34.4 Å². The molecule has 2 amide bonds. The van der Waals surface area contributed by atoms with Crippen LogP contribution in [-0.2, 0) is 14.3 Å². The van der Waals surface area contributed by atoms with Crippen LogP contribution in [0.4, 0.5) is 0 Å². The number of ether oxygens (including phenoxy) is 3. The van der Waals surface area contributed by atoms with Crippen LogP contribution >= 0.6 is 0 Å². The number of piperazine rings is 1. The Bertz CT molecular complexity index is 645. The summed E-state index contributed by atoms with van der Waals surface area (Å²) in [6.07, 6.45) is -0.193. The molecule has 0 aromatic heterocycles. The predicted octanol–water partition coefficient (Wildman–Crippen LogP) is 0.208. The number of methoxy groups -OCH3 is 3. The number of nitrogens with one attached hydrogen (secondary N) is 1. The van der Waals surface area contributed by atoms with Gasteiger partial charge in [-0.1, -0.05) is 0 Å². The van der Waals surface area contributed by atoms with E-state index in [1.54, 1.807) is 18.2 Å². The van der Waals surface area contributed by atoms with Crippen LogP contribution in [-0.4, -0.2) is 63.1 Å². The van der Waals surface area contributed by atoms with Crippen molar-refractivity contribution in [2.45, 2.75) is 12.5 Å². The zero-order valence-electron chi connectivity index (χ0n) is 13.8. The van der Waals surface area contributed by atoms with E-state index in [1.165, 1.54) is 26.2 Å². The van der Waals surface area contributed by atoms with Crippen LogP contribution in [0, 0.1) is 0 Å². The molecule has 0 radical (unpaired) electrons. The maximum atomic E-state index is 12.8. The highest BCUT2D eigenvalue weighted by Crippen LogP contribution is 2.28. The molecule has 1 fully saturated rings. The number of amides is 2. The Morgan fingerprint density at radius 1 is 1.21 bits per heavy atom. The largest absolute Gasteiger partial charge is 0.493 e. The molecule has 1 aliphatic heterocycles. The summed E-state index contributed by atoms with van der Waals surface area (Å²) in [6, 6.07) is 3.85. The molecule has 1 unspecified atom stereocenters. The molecule has 1 aromatic rings. The molecule has 130 valence electrons. The van der Waals surface area contributed by atoms with E-state index in [-0.39, 0.29) is 18.2 Å². The molecule has 0 aliphatic carbocycles. The van der Waals surface area contributed by atoms with Gasteiger partial charge in [-0.05, 0) is 18.2 Å². The number of nitrogens with zero attached hydrogens (tertiary/aromatic N) is 1.